The summed E-state index contributed by atoms with van der Waals surface area (Å²) < 4.78 is 0. The van der Waals surface area contributed by atoms with Crippen molar-refractivity contribution in [3.63, 3.8) is 0 Å². The molecule has 0 bridgehead atoms. The Bertz CT molecular complexity index is 460. The highest BCUT2D eigenvalue weighted by Crippen LogP contribution is 2.25. The van der Waals surface area contributed by atoms with Gasteiger partial charge in [0, 0.05) is 12.1 Å². The fourth-order valence-electron chi connectivity index (χ4n) is 1.89. The fraction of sp³-hybridized carbons (Fsp3) is 0.357. The number of nitrogens with one attached hydrogen (secondary N) is 2. The number of para-hydroxylation sites is 1. The SMILES string of the molecule is C#CC(C)(C)NC(=O)C1Cc2ccccc2N1. The molecule has 3 heteroatoms. The van der Waals surface area contributed by atoms with E-state index in [0.29, 0.717) is 6.42 Å². The fourth-order valence-corrected chi connectivity index (χ4v) is 1.89. The Morgan fingerprint density at radius 1 is 1.53 bits per heavy atom. The highest BCUT2D eigenvalue weighted by molar-refractivity contribution is 5.88. The number of fused-ring (bicyclic) bond motifs is 1. The summed E-state index contributed by atoms with van der Waals surface area (Å²) in [6.07, 6.45) is 6.06. The largest absolute Gasteiger partial charge is 0.373 e. The highest BCUT2D eigenvalue weighted by atomic mass is 16.2. The van der Waals surface area contributed by atoms with E-state index in [1.165, 1.54) is 5.56 Å². The number of terminal acetylenes is 1. The zero-order valence-electron chi connectivity index (χ0n) is 10.1. The molecule has 17 heavy (non-hydrogen) atoms. The Morgan fingerprint density at radius 3 is 2.88 bits per heavy atom. The van der Waals surface area contributed by atoms with Crippen LogP contribution in [0.25, 0.3) is 0 Å². The zero-order valence-corrected chi connectivity index (χ0v) is 10.1. The molecule has 1 aromatic rings. The first-order valence-electron chi connectivity index (χ1n) is 5.66. The van der Waals surface area contributed by atoms with Crippen molar-refractivity contribution in [3.05, 3.63) is 29.8 Å². The summed E-state index contributed by atoms with van der Waals surface area (Å²) in [7, 11) is 0. The minimum atomic E-state index is -0.604. The zero-order chi connectivity index (χ0) is 12.5. The predicted molar refractivity (Wildman–Crippen MR) is 68.6 cm³/mol. The molecule has 88 valence electrons. The van der Waals surface area contributed by atoms with Crippen molar-refractivity contribution in [3.8, 4) is 12.3 Å². The van der Waals surface area contributed by atoms with Crippen LogP contribution in [0.2, 0.25) is 0 Å². The molecule has 0 saturated carbocycles. The normalized spacial score (nSPS) is 17.8. The molecular formula is C14H16N2O. The average Bonchev–Trinajstić information content (AvgIpc) is 2.72. The van der Waals surface area contributed by atoms with Crippen LogP contribution in [0.5, 0.6) is 0 Å². The van der Waals surface area contributed by atoms with E-state index in [-0.39, 0.29) is 11.9 Å². The number of anilines is 1. The van der Waals surface area contributed by atoms with Crippen molar-refractivity contribution in [2.45, 2.75) is 31.8 Å². The summed E-state index contributed by atoms with van der Waals surface area (Å²) in [5, 5.41) is 6.05. The molecule has 2 N–H and O–H groups in total. The van der Waals surface area contributed by atoms with E-state index in [1.807, 2.05) is 38.1 Å². The lowest BCUT2D eigenvalue weighted by Gasteiger charge is -2.22. The van der Waals surface area contributed by atoms with Gasteiger partial charge in [-0.15, -0.1) is 6.42 Å². The molecule has 1 atom stereocenters. The van der Waals surface area contributed by atoms with Gasteiger partial charge in [-0.05, 0) is 25.5 Å². The second kappa shape index (κ2) is 4.14. The molecule has 1 heterocycles. The van der Waals surface area contributed by atoms with Gasteiger partial charge >= 0.3 is 0 Å². The summed E-state index contributed by atoms with van der Waals surface area (Å²) in [5.41, 5.74) is 1.60. The van der Waals surface area contributed by atoms with Gasteiger partial charge in [0.15, 0.2) is 0 Å². The summed E-state index contributed by atoms with van der Waals surface area (Å²) in [4.78, 5) is 12.0. The molecule has 0 aromatic heterocycles. The first kappa shape index (κ1) is 11.5. The molecule has 2 rings (SSSR count). The van der Waals surface area contributed by atoms with Gasteiger partial charge in [-0.25, -0.2) is 0 Å². The van der Waals surface area contributed by atoms with Gasteiger partial charge in [0.05, 0.1) is 5.54 Å². The number of hydrogen-bond acceptors (Lipinski definition) is 2. The first-order valence-corrected chi connectivity index (χ1v) is 5.66. The van der Waals surface area contributed by atoms with Crippen molar-refractivity contribution < 1.29 is 4.79 Å². The van der Waals surface area contributed by atoms with Crippen LogP contribution in [-0.2, 0) is 11.2 Å². The van der Waals surface area contributed by atoms with E-state index in [4.69, 9.17) is 6.42 Å². The van der Waals surface area contributed by atoms with Crippen molar-refractivity contribution in [1.29, 1.82) is 0 Å². The average molecular weight is 228 g/mol. The van der Waals surface area contributed by atoms with Gasteiger partial charge in [0.1, 0.15) is 6.04 Å². The minimum Gasteiger partial charge on any atom is -0.373 e. The molecule has 0 radical (unpaired) electrons. The predicted octanol–water partition coefficient (Wildman–Crippen LogP) is 1.55. The second-order valence-electron chi connectivity index (χ2n) is 4.82. The van der Waals surface area contributed by atoms with Crippen molar-refractivity contribution in [1.82, 2.24) is 5.32 Å². The molecule has 1 aliphatic rings. The molecule has 1 aromatic carbocycles. The number of carbonyl (C=O) groups excluding carboxylic acids is 1. The highest BCUT2D eigenvalue weighted by Gasteiger charge is 2.29. The van der Waals surface area contributed by atoms with Gasteiger partial charge < -0.3 is 10.6 Å². The van der Waals surface area contributed by atoms with Gasteiger partial charge in [-0.3, -0.25) is 4.79 Å². The van der Waals surface area contributed by atoms with Crippen LogP contribution in [0.15, 0.2) is 24.3 Å². The third-order valence-electron chi connectivity index (χ3n) is 2.88. The second-order valence-corrected chi connectivity index (χ2v) is 4.82. The third kappa shape index (κ3) is 2.42. The van der Waals surface area contributed by atoms with Crippen molar-refractivity contribution in [2.75, 3.05) is 5.32 Å². The molecule has 3 nitrogen and oxygen atoms in total. The van der Waals surface area contributed by atoms with Crippen molar-refractivity contribution >= 4 is 11.6 Å². The van der Waals surface area contributed by atoms with Crippen LogP contribution >= 0.6 is 0 Å². The molecule has 1 aliphatic heterocycles. The van der Waals surface area contributed by atoms with E-state index in [1.54, 1.807) is 0 Å². The molecule has 0 aliphatic carbocycles. The third-order valence-corrected chi connectivity index (χ3v) is 2.88. The Morgan fingerprint density at radius 2 is 2.24 bits per heavy atom. The van der Waals surface area contributed by atoms with E-state index in [9.17, 15) is 4.79 Å². The Kier molecular flexibility index (Phi) is 2.81. The Labute approximate surface area is 102 Å². The number of carbonyl (C=O) groups is 1. The smallest absolute Gasteiger partial charge is 0.244 e. The number of amides is 1. The van der Waals surface area contributed by atoms with Crippen LogP contribution in [-0.4, -0.2) is 17.5 Å². The van der Waals surface area contributed by atoms with E-state index >= 15 is 0 Å². The minimum absolute atomic E-state index is 0.0517. The molecule has 0 fully saturated rings. The van der Waals surface area contributed by atoms with Crippen LogP contribution in [0.4, 0.5) is 5.69 Å². The molecular weight excluding hydrogens is 212 g/mol. The maximum absolute atomic E-state index is 12.0. The quantitative estimate of drug-likeness (QED) is 0.754. The molecule has 1 amide bonds. The van der Waals surface area contributed by atoms with Gasteiger partial charge in [0.2, 0.25) is 5.91 Å². The summed E-state index contributed by atoms with van der Waals surface area (Å²) in [5.74, 6) is 2.51. The van der Waals surface area contributed by atoms with Gasteiger partial charge in [-0.2, -0.15) is 0 Å². The number of hydrogen-bond donors (Lipinski definition) is 2. The summed E-state index contributed by atoms with van der Waals surface area (Å²) >= 11 is 0. The van der Waals surface area contributed by atoms with E-state index in [2.05, 4.69) is 16.6 Å². The van der Waals surface area contributed by atoms with Crippen LogP contribution < -0.4 is 10.6 Å². The number of benzene rings is 1. The Hall–Kier alpha value is -1.95. The molecule has 0 spiro atoms. The molecule has 0 saturated heterocycles. The maximum Gasteiger partial charge on any atom is 0.244 e. The Balaban J connectivity index is 2.04. The van der Waals surface area contributed by atoms with Crippen molar-refractivity contribution in [2.24, 2.45) is 0 Å². The lowest BCUT2D eigenvalue weighted by molar-refractivity contribution is -0.122. The van der Waals surface area contributed by atoms with Crippen LogP contribution in [0, 0.1) is 12.3 Å². The first-order chi connectivity index (χ1) is 8.02. The van der Waals surface area contributed by atoms with Crippen LogP contribution in [0.3, 0.4) is 0 Å². The lowest BCUT2D eigenvalue weighted by Crippen LogP contribution is -2.48. The summed E-state index contributed by atoms with van der Waals surface area (Å²) in [6, 6.07) is 7.72. The maximum atomic E-state index is 12.0. The van der Waals surface area contributed by atoms with E-state index in [0.717, 1.165) is 5.69 Å². The topological polar surface area (TPSA) is 41.1 Å². The number of rotatable bonds is 2. The lowest BCUT2D eigenvalue weighted by atomic mass is 10.1. The standard InChI is InChI=1S/C14H16N2O/c1-4-14(2,3)16-13(17)12-9-10-7-5-6-8-11(10)15-12/h1,5-8,12,15H,9H2,2-3H3,(H,16,17). The van der Waals surface area contributed by atoms with E-state index < -0.39 is 5.54 Å². The van der Waals surface area contributed by atoms with Crippen LogP contribution in [0.1, 0.15) is 19.4 Å². The van der Waals surface area contributed by atoms with Gasteiger partial charge in [0.25, 0.3) is 0 Å². The monoisotopic (exact) mass is 228 g/mol. The van der Waals surface area contributed by atoms with Gasteiger partial charge in [-0.1, -0.05) is 24.1 Å². The molecule has 1 unspecified atom stereocenters. The summed E-state index contributed by atoms with van der Waals surface area (Å²) in [6.45, 7) is 3.62.